The fraction of sp³-hybridized carbons (Fsp3) is 0.231. The molecular formula is C13H12ClN3O3S. The van der Waals surface area contributed by atoms with Crippen molar-refractivity contribution in [1.82, 2.24) is 9.59 Å². The lowest BCUT2D eigenvalue weighted by atomic mass is 10.3. The maximum Gasteiger partial charge on any atom is 0.352 e. The second-order valence-corrected chi connectivity index (χ2v) is 5.17. The van der Waals surface area contributed by atoms with Crippen molar-refractivity contribution in [2.45, 2.75) is 13.3 Å². The molecule has 8 heteroatoms. The van der Waals surface area contributed by atoms with Crippen LogP contribution in [0.1, 0.15) is 22.3 Å². The lowest BCUT2D eigenvalue weighted by Gasteiger charge is -2.07. The highest BCUT2D eigenvalue weighted by Crippen LogP contribution is 2.20. The van der Waals surface area contributed by atoms with Crippen molar-refractivity contribution < 1.29 is 14.3 Å². The largest absolute Gasteiger partial charge is 0.451 e. The van der Waals surface area contributed by atoms with E-state index in [9.17, 15) is 9.59 Å². The summed E-state index contributed by atoms with van der Waals surface area (Å²) < 4.78 is 8.63. The number of rotatable bonds is 5. The van der Waals surface area contributed by atoms with Crippen LogP contribution in [0.25, 0.3) is 0 Å². The number of para-hydroxylation sites is 1. The smallest absolute Gasteiger partial charge is 0.352 e. The number of carbonyl (C=O) groups is 2. The molecule has 1 N–H and O–H groups in total. The minimum atomic E-state index is -0.601. The Morgan fingerprint density at radius 2 is 2.14 bits per heavy atom. The standard InChI is InChI=1S/C13H12ClN3O3S/c1-2-9-12(21-17-16-9)13(19)20-7-11(18)15-10-6-4-3-5-8(10)14/h3-6H,2,7H2,1H3,(H,15,18). The molecule has 0 saturated heterocycles. The van der Waals surface area contributed by atoms with Crippen molar-refractivity contribution in [2.24, 2.45) is 0 Å². The number of halogens is 1. The van der Waals surface area contributed by atoms with E-state index in [1.54, 1.807) is 24.3 Å². The molecule has 2 rings (SSSR count). The zero-order valence-corrected chi connectivity index (χ0v) is 12.7. The molecule has 0 spiro atoms. The predicted octanol–water partition coefficient (Wildman–Crippen LogP) is 2.55. The topological polar surface area (TPSA) is 81.2 Å². The SMILES string of the molecule is CCc1nnsc1C(=O)OCC(=O)Nc1ccccc1Cl. The van der Waals surface area contributed by atoms with Crippen molar-refractivity contribution in [3.63, 3.8) is 0 Å². The summed E-state index contributed by atoms with van der Waals surface area (Å²) in [6.07, 6.45) is 0.576. The zero-order chi connectivity index (χ0) is 15.2. The van der Waals surface area contributed by atoms with Gasteiger partial charge in [-0.05, 0) is 30.1 Å². The van der Waals surface area contributed by atoms with E-state index in [-0.39, 0.29) is 0 Å². The van der Waals surface area contributed by atoms with Crippen LogP contribution in [0.3, 0.4) is 0 Å². The van der Waals surface area contributed by atoms with E-state index in [1.807, 2.05) is 6.92 Å². The molecule has 21 heavy (non-hydrogen) atoms. The molecule has 0 bridgehead atoms. The van der Waals surface area contributed by atoms with E-state index < -0.39 is 18.5 Å². The number of carbonyl (C=O) groups excluding carboxylic acids is 2. The number of amides is 1. The minimum absolute atomic E-state index is 0.322. The lowest BCUT2D eigenvalue weighted by molar-refractivity contribution is -0.119. The Labute approximate surface area is 130 Å². The van der Waals surface area contributed by atoms with Crippen LogP contribution in [-0.2, 0) is 16.0 Å². The molecule has 0 aliphatic carbocycles. The van der Waals surface area contributed by atoms with Gasteiger partial charge in [0.15, 0.2) is 11.5 Å². The van der Waals surface area contributed by atoms with Gasteiger partial charge in [-0.2, -0.15) is 0 Å². The molecule has 2 aromatic rings. The highest BCUT2D eigenvalue weighted by Gasteiger charge is 2.17. The summed E-state index contributed by atoms with van der Waals surface area (Å²) in [6.45, 7) is 1.46. The third-order valence-electron chi connectivity index (χ3n) is 2.56. The second-order valence-electron chi connectivity index (χ2n) is 4.01. The Bertz CT molecular complexity index is 660. The Morgan fingerprint density at radius 3 is 2.86 bits per heavy atom. The first-order valence-corrected chi connectivity index (χ1v) is 7.29. The summed E-state index contributed by atoms with van der Waals surface area (Å²) in [4.78, 5) is 23.9. The fourth-order valence-corrected chi connectivity index (χ4v) is 2.37. The molecule has 1 aromatic heterocycles. The van der Waals surface area contributed by atoms with Gasteiger partial charge < -0.3 is 10.1 Å². The van der Waals surface area contributed by atoms with Crippen LogP contribution in [0.2, 0.25) is 5.02 Å². The minimum Gasteiger partial charge on any atom is -0.451 e. The molecule has 0 atom stereocenters. The average Bonchev–Trinajstić information content (AvgIpc) is 2.96. The summed E-state index contributed by atoms with van der Waals surface area (Å²) in [5.74, 6) is -1.07. The van der Waals surface area contributed by atoms with Crippen molar-refractivity contribution in [1.29, 1.82) is 0 Å². The number of aryl methyl sites for hydroxylation is 1. The van der Waals surface area contributed by atoms with E-state index in [0.717, 1.165) is 11.5 Å². The highest BCUT2D eigenvalue weighted by molar-refractivity contribution is 7.07. The molecule has 0 fully saturated rings. The van der Waals surface area contributed by atoms with Crippen LogP contribution in [0, 0.1) is 0 Å². The van der Waals surface area contributed by atoms with Crippen LogP contribution < -0.4 is 5.32 Å². The highest BCUT2D eigenvalue weighted by atomic mass is 35.5. The first-order chi connectivity index (χ1) is 10.1. The maximum atomic E-state index is 11.8. The molecular weight excluding hydrogens is 314 g/mol. The van der Waals surface area contributed by atoms with Crippen molar-refractivity contribution >= 4 is 40.7 Å². The average molecular weight is 326 g/mol. The Kier molecular flexibility index (Phi) is 5.24. The van der Waals surface area contributed by atoms with Gasteiger partial charge in [0.1, 0.15) is 0 Å². The van der Waals surface area contributed by atoms with Crippen molar-refractivity contribution in [2.75, 3.05) is 11.9 Å². The van der Waals surface area contributed by atoms with Crippen molar-refractivity contribution in [3.8, 4) is 0 Å². The number of nitrogens with one attached hydrogen (secondary N) is 1. The summed E-state index contributed by atoms with van der Waals surface area (Å²) in [5, 5.41) is 6.79. The predicted molar refractivity (Wildman–Crippen MR) is 79.7 cm³/mol. The van der Waals surface area contributed by atoms with Gasteiger partial charge >= 0.3 is 5.97 Å². The first-order valence-electron chi connectivity index (χ1n) is 6.14. The molecule has 0 radical (unpaired) electrons. The number of hydrogen-bond donors (Lipinski definition) is 1. The molecule has 6 nitrogen and oxygen atoms in total. The van der Waals surface area contributed by atoms with Crippen LogP contribution in [-0.4, -0.2) is 28.1 Å². The van der Waals surface area contributed by atoms with Gasteiger partial charge in [-0.3, -0.25) is 4.79 Å². The van der Waals surface area contributed by atoms with Crippen LogP contribution in [0.4, 0.5) is 5.69 Å². The number of esters is 1. The van der Waals surface area contributed by atoms with Crippen molar-refractivity contribution in [3.05, 3.63) is 39.9 Å². The van der Waals surface area contributed by atoms with Gasteiger partial charge in [-0.1, -0.05) is 35.1 Å². The zero-order valence-electron chi connectivity index (χ0n) is 11.1. The Balaban J connectivity index is 1.90. The van der Waals surface area contributed by atoms with Crippen LogP contribution >= 0.6 is 23.1 Å². The van der Waals surface area contributed by atoms with Gasteiger partial charge in [0.05, 0.1) is 16.4 Å². The quantitative estimate of drug-likeness (QED) is 0.854. The molecule has 0 unspecified atom stereocenters. The number of anilines is 1. The third-order valence-corrected chi connectivity index (χ3v) is 3.64. The fourth-order valence-electron chi connectivity index (χ4n) is 1.54. The summed E-state index contributed by atoms with van der Waals surface area (Å²) >= 11 is 6.87. The van der Waals surface area contributed by atoms with E-state index in [2.05, 4.69) is 14.9 Å². The number of aromatic nitrogens is 2. The van der Waals surface area contributed by atoms with E-state index in [1.165, 1.54) is 0 Å². The molecule has 0 saturated carbocycles. The lowest BCUT2D eigenvalue weighted by Crippen LogP contribution is -2.21. The van der Waals surface area contributed by atoms with Gasteiger partial charge in [-0.15, -0.1) is 5.10 Å². The summed E-state index contributed by atoms with van der Waals surface area (Å²) in [6, 6.07) is 6.80. The molecule has 1 amide bonds. The Morgan fingerprint density at radius 1 is 1.38 bits per heavy atom. The van der Waals surface area contributed by atoms with Crippen LogP contribution in [0.15, 0.2) is 24.3 Å². The van der Waals surface area contributed by atoms with Crippen LogP contribution in [0.5, 0.6) is 0 Å². The number of ether oxygens (including phenoxy) is 1. The number of hydrogen-bond acceptors (Lipinski definition) is 6. The first kappa shape index (κ1) is 15.4. The molecule has 0 aliphatic rings. The van der Waals surface area contributed by atoms with E-state index >= 15 is 0 Å². The van der Waals surface area contributed by atoms with Gasteiger partial charge in [-0.25, -0.2) is 4.79 Å². The Hall–Kier alpha value is -1.99. The van der Waals surface area contributed by atoms with Gasteiger partial charge in [0.2, 0.25) is 0 Å². The van der Waals surface area contributed by atoms with Gasteiger partial charge in [0, 0.05) is 0 Å². The van der Waals surface area contributed by atoms with E-state index in [0.29, 0.717) is 27.7 Å². The number of nitrogens with zero attached hydrogens (tertiary/aromatic N) is 2. The molecule has 0 aliphatic heterocycles. The van der Waals surface area contributed by atoms with E-state index in [4.69, 9.17) is 16.3 Å². The molecule has 1 aromatic carbocycles. The van der Waals surface area contributed by atoms with Gasteiger partial charge in [0.25, 0.3) is 5.91 Å². The maximum absolute atomic E-state index is 11.8. The summed E-state index contributed by atoms with van der Waals surface area (Å²) in [5.41, 5.74) is 1.03. The summed E-state index contributed by atoms with van der Waals surface area (Å²) in [7, 11) is 0. The molecule has 110 valence electrons. The normalized spacial score (nSPS) is 10.2. The third kappa shape index (κ3) is 3.99. The monoisotopic (exact) mass is 325 g/mol. The molecule has 1 heterocycles. The number of benzene rings is 1. The second kappa shape index (κ2) is 7.14.